The SMILES string of the molecule is O=C(CBr)c1cccc(Br)c1F. The highest BCUT2D eigenvalue weighted by molar-refractivity contribution is 9.10. The average molecular weight is 296 g/mol. The van der Waals surface area contributed by atoms with Gasteiger partial charge in [0.15, 0.2) is 5.78 Å². The van der Waals surface area contributed by atoms with Crippen LogP contribution in [0.15, 0.2) is 22.7 Å². The van der Waals surface area contributed by atoms with Crippen LogP contribution in [0.25, 0.3) is 0 Å². The van der Waals surface area contributed by atoms with Crippen molar-refractivity contribution in [2.75, 3.05) is 5.33 Å². The van der Waals surface area contributed by atoms with E-state index in [-0.39, 0.29) is 16.7 Å². The van der Waals surface area contributed by atoms with Crippen LogP contribution in [0, 0.1) is 5.82 Å². The zero-order valence-electron chi connectivity index (χ0n) is 5.98. The Morgan fingerprint density at radius 3 is 2.75 bits per heavy atom. The van der Waals surface area contributed by atoms with Crippen molar-refractivity contribution in [2.45, 2.75) is 0 Å². The smallest absolute Gasteiger partial charge is 0.176 e. The summed E-state index contributed by atoms with van der Waals surface area (Å²) in [6.07, 6.45) is 0. The number of Topliss-reactive ketones (excluding diaryl/α,β-unsaturated/α-hetero) is 1. The van der Waals surface area contributed by atoms with Crippen molar-refractivity contribution in [2.24, 2.45) is 0 Å². The molecule has 12 heavy (non-hydrogen) atoms. The number of hydrogen-bond acceptors (Lipinski definition) is 1. The zero-order valence-corrected chi connectivity index (χ0v) is 9.15. The van der Waals surface area contributed by atoms with E-state index in [9.17, 15) is 9.18 Å². The van der Waals surface area contributed by atoms with Crippen molar-refractivity contribution in [1.29, 1.82) is 0 Å². The molecule has 0 spiro atoms. The molecule has 0 saturated heterocycles. The summed E-state index contributed by atoms with van der Waals surface area (Å²) in [4.78, 5) is 11.1. The van der Waals surface area contributed by atoms with Gasteiger partial charge in [-0.05, 0) is 28.1 Å². The molecule has 0 amide bonds. The molecule has 1 rings (SSSR count). The van der Waals surface area contributed by atoms with Crippen LogP contribution in [0.5, 0.6) is 0 Å². The molecule has 0 bridgehead atoms. The molecule has 0 heterocycles. The van der Waals surface area contributed by atoms with E-state index in [0.717, 1.165) is 0 Å². The first-order valence-corrected chi connectivity index (χ1v) is 5.11. The number of ketones is 1. The molecule has 64 valence electrons. The third kappa shape index (κ3) is 1.93. The van der Waals surface area contributed by atoms with Gasteiger partial charge in [0.2, 0.25) is 0 Å². The van der Waals surface area contributed by atoms with E-state index < -0.39 is 5.82 Å². The van der Waals surface area contributed by atoms with Crippen LogP contribution in [0.3, 0.4) is 0 Å². The van der Waals surface area contributed by atoms with Gasteiger partial charge in [-0.15, -0.1) is 0 Å². The highest BCUT2D eigenvalue weighted by Gasteiger charge is 2.11. The van der Waals surface area contributed by atoms with Crippen molar-refractivity contribution in [3.8, 4) is 0 Å². The van der Waals surface area contributed by atoms with Crippen LogP contribution in [0.4, 0.5) is 4.39 Å². The Kier molecular flexibility index (Phi) is 3.40. The minimum absolute atomic E-state index is 0.112. The third-order valence-corrected chi connectivity index (χ3v) is 2.50. The molecule has 0 atom stereocenters. The van der Waals surface area contributed by atoms with E-state index in [2.05, 4.69) is 31.9 Å². The second-order valence-electron chi connectivity index (χ2n) is 2.16. The molecule has 0 fully saturated rings. The van der Waals surface area contributed by atoms with Gasteiger partial charge >= 0.3 is 0 Å². The van der Waals surface area contributed by atoms with E-state index >= 15 is 0 Å². The van der Waals surface area contributed by atoms with Crippen LogP contribution in [-0.2, 0) is 0 Å². The number of rotatable bonds is 2. The Morgan fingerprint density at radius 2 is 2.17 bits per heavy atom. The molecule has 4 heteroatoms. The quantitative estimate of drug-likeness (QED) is 0.605. The van der Waals surface area contributed by atoms with Crippen molar-refractivity contribution in [3.63, 3.8) is 0 Å². The molecule has 1 aromatic carbocycles. The molecule has 0 saturated carbocycles. The second-order valence-corrected chi connectivity index (χ2v) is 3.57. The average Bonchev–Trinajstić information content (AvgIpc) is 2.08. The summed E-state index contributed by atoms with van der Waals surface area (Å²) < 4.78 is 13.5. The zero-order chi connectivity index (χ0) is 9.14. The molecule has 0 aliphatic carbocycles. The summed E-state index contributed by atoms with van der Waals surface area (Å²) >= 11 is 5.98. The topological polar surface area (TPSA) is 17.1 Å². The van der Waals surface area contributed by atoms with Crippen LogP contribution >= 0.6 is 31.9 Å². The Balaban J connectivity index is 3.16. The van der Waals surface area contributed by atoms with Gasteiger partial charge in [0, 0.05) is 0 Å². The maximum atomic E-state index is 13.2. The Bertz CT molecular complexity index is 312. The molecule has 0 unspecified atom stereocenters. The fourth-order valence-corrected chi connectivity index (χ4v) is 1.46. The number of carbonyl (C=O) groups is 1. The number of halogens is 3. The van der Waals surface area contributed by atoms with Crippen molar-refractivity contribution >= 4 is 37.6 Å². The molecular weight excluding hydrogens is 291 g/mol. The normalized spacial score (nSPS) is 9.92. The van der Waals surface area contributed by atoms with Crippen molar-refractivity contribution in [3.05, 3.63) is 34.1 Å². The van der Waals surface area contributed by atoms with Gasteiger partial charge in [-0.2, -0.15) is 0 Å². The summed E-state index contributed by atoms with van der Waals surface area (Å²) in [5.74, 6) is -0.754. The van der Waals surface area contributed by atoms with Gasteiger partial charge in [-0.25, -0.2) is 4.39 Å². The van der Waals surface area contributed by atoms with E-state index in [1.54, 1.807) is 12.1 Å². The van der Waals surface area contributed by atoms with Gasteiger partial charge < -0.3 is 0 Å². The molecule has 0 aliphatic heterocycles. The Morgan fingerprint density at radius 1 is 1.50 bits per heavy atom. The number of alkyl halides is 1. The molecule has 0 aromatic heterocycles. The highest BCUT2D eigenvalue weighted by atomic mass is 79.9. The van der Waals surface area contributed by atoms with Gasteiger partial charge in [0.25, 0.3) is 0 Å². The predicted molar refractivity (Wildman–Crippen MR) is 52.2 cm³/mol. The maximum absolute atomic E-state index is 13.2. The van der Waals surface area contributed by atoms with E-state index in [0.29, 0.717) is 4.47 Å². The van der Waals surface area contributed by atoms with Gasteiger partial charge in [0.05, 0.1) is 15.4 Å². The van der Waals surface area contributed by atoms with Crippen molar-refractivity contribution in [1.82, 2.24) is 0 Å². The summed E-state index contributed by atoms with van der Waals surface area (Å²) in [5.41, 5.74) is 0.112. The number of carbonyl (C=O) groups excluding carboxylic acids is 1. The molecule has 0 aliphatic rings. The summed E-state index contributed by atoms with van der Waals surface area (Å²) in [6.45, 7) is 0. The standard InChI is InChI=1S/C8H5Br2FO/c9-4-7(12)5-2-1-3-6(10)8(5)11/h1-3H,4H2. The molecular formula is C8H5Br2FO. The summed E-state index contributed by atoms with van der Waals surface area (Å²) in [5, 5.41) is 0.139. The highest BCUT2D eigenvalue weighted by Crippen LogP contribution is 2.19. The van der Waals surface area contributed by atoms with E-state index in [1.807, 2.05) is 0 Å². The predicted octanol–water partition coefficient (Wildman–Crippen LogP) is 3.17. The number of benzene rings is 1. The van der Waals surface area contributed by atoms with E-state index in [4.69, 9.17) is 0 Å². The first-order chi connectivity index (χ1) is 5.66. The molecule has 1 nitrogen and oxygen atoms in total. The van der Waals surface area contributed by atoms with Gasteiger partial charge in [-0.3, -0.25) is 4.79 Å². The maximum Gasteiger partial charge on any atom is 0.176 e. The lowest BCUT2D eigenvalue weighted by Crippen LogP contribution is -2.03. The number of hydrogen-bond donors (Lipinski definition) is 0. The third-order valence-electron chi connectivity index (χ3n) is 1.37. The molecule has 0 radical (unpaired) electrons. The fraction of sp³-hybridized carbons (Fsp3) is 0.125. The van der Waals surface area contributed by atoms with E-state index in [1.165, 1.54) is 6.07 Å². The van der Waals surface area contributed by atoms with Gasteiger partial charge in [0.1, 0.15) is 5.82 Å². The van der Waals surface area contributed by atoms with Crippen LogP contribution < -0.4 is 0 Å². The first-order valence-electron chi connectivity index (χ1n) is 3.20. The Hall–Kier alpha value is -0.220. The molecule has 1 aromatic rings. The van der Waals surface area contributed by atoms with Crippen LogP contribution in [0.1, 0.15) is 10.4 Å². The summed E-state index contributed by atoms with van der Waals surface area (Å²) in [6, 6.07) is 4.65. The first kappa shape index (κ1) is 9.86. The van der Waals surface area contributed by atoms with Gasteiger partial charge in [-0.1, -0.05) is 22.0 Å². The second kappa shape index (κ2) is 4.14. The van der Waals surface area contributed by atoms with Crippen LogP contribution in [-0.4, -0.2) is 11.1 Å². The fourth-order valence-electron chi connectivity index (χ4n) is 0.791. The van der Waals surface area contributed by atoms with Crippen molar-refractivity contribution < 1.29 is 9.18 Å². The largest absolute Gasteiger partial charge is 0.293 e. The monoisotopic (exact) mass is 294 g/mol. The lowest BCUT2D eigenvalue weighted by atomic mass is 10.1. The minimum atomic E-state index is -0.498. The lowest BCUT2D eigenvalue weighted by Gasteiger charge is -2.00. The minimum Gasteiger partial charge on any atom is -0.293 e. The lowest BCUT2D eigenvalue weighted by molar-refractivity contribution is 0.102. The molecule has 0 N–H and O–H groups in total. The van der Waals surface area contributed by atoms with Crippen LogP contribution in [0.2, 0.25) is 0 Å². The summed E-state index contributed by atoms with van der Waals surface area (Å²) in [7, 11) is 0. The Labute approximate surface area is 86.2 Å².